The first kappa shape index (κ1) is 16.8. The first-order chi connectivity index (χ1) is 9.30. The number of carbonyl (C=O) groups excluding carboxylic acids is 1. The van der Waals surface area contributed by atoms with E-state index in [1.165, 1.54) is 0 Å². The average molecular weight is 285 g/mol. The number of carboxylic acid groups (broad SMARTS) is 1. The quantitative estimate of drug-likeness (QED) is 0.796. The fraction of sp³-hybridized carbons (Fsp3) is 0.857. The van der Waals surface area contributed by atoms with Crippen molar-refractivity contribution in [2.75, 3.05) is 46.8 Å². The van der Waals surface area contributed by atoms with Crippen LogP contribution in [-0.2, 0) is 4.79 Å². The molecule has 1 N–H and O–H groups in total. The van der Waals surface area contributed by atoms with Crippen molar-refractivity contribution in [3.05, 3.63) is 0 Å². The summed E-state index contributed by atoms with van der Waals surface area (Å²) >= 11 is 0. The maximum absolute atomic E-state index is 12.5. The van der Waals surface area contributed by atoms with Crippen molar-refractivity contribution in [2.45, 2.75) is 26.7 Å². The molecule has 0 aromatic carbocycles. The van der Waals surface area contributed by atoms with Crippen LogP contribution >= 0.6 is 0 Å². The minimum Gasteiger partial charge on any atom is -0.481 e. The molecule has 0 aromatic rings. The van der Waals surface area contributed by atoms with Gasteiger partial charge in [0.05, 0.1) is 5.41 Å². The number of nitrogens with zero attached hydrogens (tertiary/aromatic N) is 3. The number of likely N-dealkylation sites (N-methyl/N-ethyl adjacent to an activating group) is 1. The number of amides is 2. The maximum atomic E-state index is 12.5. The molecule has 0 radical (unpaired) electrons. The van der Waals surface area contributed by atoms with Crippen molar-refractivity contribution >= 4 is 12.0 Å². The highest BCUT2D eigenvalue weighted by Gasteiger charge is 2.42. The summed E-state index contributed by atoms with van der Waals surface area (Å²) in [6.07, 6.45) is 1.44. The van der Waals surface area contributed by atoms with Gasteiger partial charge < -0.3 is 19.8 Å². The summed E-state index contributed by atoms with van der Waals surface area (Å²) in [5, 5.41) is 9.23. The van der Waals surface area contributed by atoms with Crippen LogP contribution in [0, 0.1) is 5.41 Å². The van der Waals surface area contributed by atoms with E-state index in [9.17, 15) is 14.7 Å². The van der Waals surface area contributed by atoms with Crippen LogP contribution in [0.5, 0.6) is 0 Å². The number of urea groups is 1. The van der Waals surface area contributed by atoms with Gasteiger partial charge in [0.1, 0.15) is 0 Å². The van der Waals surface area contributed by atoms with E-state index in [1.54, 1.807) is 11.8 Å². The molecule has 1 fully saturated rings. The van der Waals surface area contributed by atoms with Crippen LogP contribution in [0.3, 0.4) is 0 Å². The fourth-order valence-corrected chi connectivity index (χ4v) is 2.39. The fourth-order valence-electron chi connectivity index (χ4n) is 2.39. The van der Waals surface area contributed by atoms with Crippen LogP contribution < -0.4 is 0 Å². The van der Waals surface area contributed by atoms with Gasteiger partial charge in [0.2, 0.25) is 0 Å². The maximum Gasteiger partial charge on any atom is 0.320 e. The number of rotatable bonds is 6. The zero-order valence-corrected chi connectivity index (χ0v) is 13.1. The molecule has 1 saturated heterocycles. The van der Waals surface area contributed by atoms with Crippen molar-refractivity contribution < 1.29 is 14.7 Å². The Hall–Kier alpha value is -1.30. The molecule has 20 heavy (non-hydrogen) atoms. The molecule has 1 aliphatic rings. The largest absolute Gasteiger partial charge is 0.481 e. The van der Waals surface area contributed by atoms with E-state index < -0.39 is 11.4 Å². The number of carbonyl (C=O) groups is 2. The molecule has 116 valence electrons. The van der Waals surface area contributed by atoms with Crippen molar-refractivity contribution in [3.63, 3.8) is 0 Å². The van der Waals surface area contributed by atoms with Crippen molar-refractivity contribution in [3.8, 4) is 0 Å². The Kier molecular flexibility index (Phi) is 5.80. The van der Waals surface area contributed by atoms with Gasteiger partial charge in [0.25, 0.3) is 0 Å². The Morgan fingerprint density at radius 1 is 1.25 bits per heavy atom. The topological polar surface area (TPSA) is 64.1 Å². The highest BCUT2D eigenvalue weighted by molar-refractivity contribution is 5.79. The molecule has 1 rings (SSSR count). The smallest absolute Gasteiger partial charge is 0.320 e. The minimum absolute atomic E-state index is 0.0290. The Balaban J connectivity index is 2.64. The SMILES string of the molecule is CCCN(CCN(C)C)C(=O)N1CCC(C)(C(=O)O)C1. The van der Waals surface area contributed by atoms with Crippen LogP contribution in [0.2, 0.25) is 0 Å². The van der Waals surface area contributed by atoms with E-state index >= 15 is 0 Å². The highest BCUT2D eigenvalue weighted by atomic mass is 16.4. The molecule has 0 saturated carbocycles. The van der Waals surface area contributed by atoms with Crippen LogP contribution in [0.4, 0.5) is 4.79 Å². The van der Waals surface area contributed by atoms with E-state index in [-0.39, 0.29) is 6.03 Å². The lowest BCUT2D eigenvalue weighted by Gasteiger charge is -2.29. The predicted octanol–water partition coefficient (Wildman–Crippen LogP) is 1.18. The Bertz CT molecular complexity index is 360. The Labute approximate surface area is 121 Å². The van der Waals surface area contributed by atoms with Crippen LogP contribution in [0.15, 0.2) is 0 Å². The third-order valence-electron chi connectivity index (χ3n) is 3.84. The molecule has 0 aromatic heterocycles. The number of carboxylic acids is 1. The monoisotopic (exact) mass is 285 g/mol. The predicted molar refractivity (Wildman–Crippen MR) is 77.7 cm³/mol. The summed E-state index contributed by atoms with van der Waals surface area (Å²) in [4.78, 5) is 29.3. The summed E-state index contributed by atoms with van der Waals surface area (Å²) in [6, 6.07) is -0.0290. The summed E-state index contributed by atoms with van der Waals surface area (Å²) in [5.41, 5.74) is -0.797. The molecular weight excluding hydrogens is 258 g/mol. The molecule has 2 amide bonds. The first-order valence-electron chi connectivity index (χ1n) is 7.22. The molecule has 0 bridgehead atoms. The van der Waals surface area contributed by atoms with Gasteiger partial charge in [0.15, 0.2) is 0 Å². The van der Waals surface area contributed by atoms with Crippen LogP contribution in [0.25, 0.3) is 0 Å². The lowest BCUT2D eigenvalue weighted by atomic mass is 9.90. The normalized spacial score (nSPS) is 22.4. The highest BCUT2D eigenvalue weighted by Crippen LogP contribution is 2.30. The van der Waals surface area contributed by atoms with Crippen molar-refractivity contribution in [2.24, 2.45) is 5.41 Å². The Morgan fingerprint density at radius 2 is 1.90 bits per heavy atom. The summed E-state index contributed by atoms with van der Waals surface area (Å²) in [5.74, 6) is -0.817. The summed E-state index contributed by atoms with van der Waals surface area (Å²) in [7, 11) is 3.96. The van der Waals surface area contributed by atoms with E-state index in [0.717, 1.165) is 13.0 Å². The van der Waals surface area contributed by atoms with Crippen LogP contribution in [-0.4, -0.2) is 78.6 Å². The number of hydrogen-bond donors (Lipinski definition) is 1. The van der Waals surface area contributed by atoms with Gasteiger partial charge in [-0.3, -0.25) is 4.79 Å². The summed E-state index contributed by atoms with van der Waals surface area (Å²) in [6.45, 7) is 6.81. The molecule has 0 aliphatic carbocycles. The molecule has 1 aliphatic heterocycles. The third kappa shape index (κ3) is 4.10. The number of likely N-dealkylation sites (tertiary alicyclic amines) is 1. The first-order valence-corrected chi connectivity index (χ1v) is 7.22. The standard InChI is InChI=1S/C14H27N3O3/c1-5-7-16(10-9-15(3)4)13(20)17-8-6-14(2,11-17)12(18)19/h5-11H2,1-4H3,(H,18,19). The molecule has 1 heterocycles. The van der Waals surface area contributed by atoms with Gasteiger partial charge in [-0.2, -0.15) is 0 Å². The zero-order chi connectivity index (χ0) is 15.3. The van der Waals surface area contributed by atoms with E-state index in [4.69, 9.17) is 0 Å². The van der Waals surface area contributed by atoms with Crippen molar-refractivity contribution in [1.29, 1.82) is 0 Å². The second kappa shape index (κ2) is 6.92. The van der Waals surface area contributed by atoms with Gasteiger partial charge in [-0.25, -0.2) is 4.79 Å². The lowest BCUT2D eigenvalue weighted by molar-refractivity contribution is -0.147. The van der Waals surface area contributed by atoms with Gasteiger partial charge in [-0.05, 0) is 33.9 Å². The number of aliphatic carboxylic acids is 1. The average Bonchev–Trinajstić information content (AvgIpc) is 2.77. The molecule has 6 nitrogen and oxygen atoms in total. The molecule has 0 spiro atoms. The number of hydrogen-bond acceptors (Lipinski definition) is 3. The molecule has 1 unspecified atom stereocenters. The second-order valence-electron chi connectivity index (χ2n) is 6.11. The van der Waals surface area contributed by atoms with Crippen molar-refractivity contribution in [1.82, 2.24) is 14.7 Å². The van der Waals surface area contributed by atoms with Gasteiger partial charge >= 0.3 is 12.0 Å². The van der Waals surface area contributed by atoms with Crippen LogP contribution in [0.1, 0.15) is 26.7 Å². The van der Waals surface area contributed by atoms with E-state index in [1.807, 2.05) is 30.8 Å². The second-order valence-corrected chi connectivity index (χ2v) is 6.11. The van der Waals surface area contributed by atoms with E-state index in [2.05, 4.69) is 0 Å². The minimum atomic E-state index is -0.817. The lowest BCUT2D eigenvalue weighted by Crippen LogP contribution is -2.46. The summed E-state index contributed by atoms with van der Waals surface area (Å²) < 4.78 is 0. The zero-order valence-electron chi connectivity index (χ0n) is 13.1. The third-order valence-corrected chi connectivity index (χ3v) is 3.84. The van der Waals surface area contributed by atoms with E-state index in [0.29, 0.717) is 32.6 Å². The molecule has 6 heteroatoms. The molecular formula is C14H27N3O3. The Morgan fingerprint density at radius 3 is 2.35 bits per heavy atom. The van der Waals surface area contributed by atoms with Gasteiger partial charge in [0, 0.05) is 32.7 Å². The van der Waals surface area contributed by atoms with Gasteiger partial charge in [-0.15, -0.1) is 0 Å². The van der Waals surface area contributed by atoms with Gasteiger partial charge in [-0.1, -0.05) is 6.92 Å². The molecule has 1 atom stereocenters.